The zero-order valence-electron chi connectivity index (χ0n) is 26.2. The van der Waals surface area contributed by atoms with Gasteiger partial charge in [0.05, 0.1) is 16.5 Å². The van der Waals surface area contributed by atoms with Crippen LogP contribution >= 0.6 is 7.60 Å². The van der Waals surface area contributed by atoms with Crippen molar-refractivity contribution in [1.82, 2.24) is 0 Å². The summed E-state index contributed by atoms with van der Waals surface area (Å²) in [5, 5.41) is 0. The van der Waals surface area contributed by atoms with Gasteiger partial charge in [-0.3, -0.25) is 37.6 Å². The highest BCUT2D eigenvalue weighted by Crippen LogP contribution is 2.57. The van der Waals surface area contributed by atoms with E-state index in [1.54, 1.807) is 0 Å². The molecule has 1 aliphatic heterocycles. The van der Waals surface area contributed by atoms with E-state index in [0.717, 1.165) is 27.7 Å². The minimum Gasteiger partial charge on any atom is -0.456 e. The molecule has 0 aliphatic carbocycles. The van der Waals surface area contributed by atoms with E-state index in [2.05, 4.69) is 0 Å². The molecule has 0 aromatic carbocycles. The maximum atomic E-state index is 14.3. The first-order valence-electron chi connectivity index (χ1n) is 13.3. The van der Waals surface area contributed by atoms with E-state index in [0.29, 0.717) is 0 Å². The van der Waals surface area contributed by atoms with Gasteiger partial charge in [0.1, 0.15) is 6.10 Å². The fourth-order valence-electron chi connectivity index (χ4n) is 3.69. The quantitative estimate of drug-likeness (QED) is 0.135. The number of ether oxygens (including phenoxy) is 6. The van der Waals surface area contributed by atoms with Crippen molar-refractivity contribution in [2.75, 3.05) is 13.6 Å². The molecule has 0 N–H and O–H groups in total. The molecule has 0 unspecified atom stereocenters. The Balaban J connectivity index is 3.65. The van der Waals surface area contributed by atoms with Crippen LogP contribution < -0.4 is 0 Å². The van der Waals surface area contributed by atoms with Crippen molar-refractivity contribution in [3.63, 3.8) is 0 Å². The minimum absolute atomic E-state index is 0.793. The van der Waals surface area contributed by atoms with Gasteiger partial charge in [0.15, 0.2) is 24.4 Å². The van der Waals surface area contributed by atoms with Crippen LogP contribution in [0.4, 0.5) is 13.2 Å². The van der Waals surface area contributed by atoms with Crippen LogP contribution in [0.15, 0.2) is 0 Å². The zero-order valence-corrected chi connectivity index (χ0v) is 27.1. The molecule has 44 heavy (non-hydrogen) atoms. The molecule has 18 heteroatoms. The number of carbonyl (C=O) groups is 5. The third-order valence-corrected chi connectivity index (χ3v) is 8.07. The normalized spacial score (nSPS) is 23.6. The van der Waals surface area contributed by atoms with E-state index in [9.17, 15) is 41.7 Å². The van der Waals surface area contributed by atoms with Gasteiger partial charge < -0.3 is 28.4 Å². The summed E-state index contributed by atoms with van der Waals surface area (Å²) in [6.45, 7) is 10.5. The van der Waals surface area contributed by atoms with Crippen LogP contribution in [-0.4, -0.2) is 85.8 Å². The Morgan fingerprint density at radius 2 is 1.07 bits per heavy atom. The van der Waals surface area contributed by atoms with Crippen molar-refractivity contribution >= 4 is 37.4 Å². The molecule has 1 rings (SSSR count). The number of alkyl halides is 3. The maximum Gasteiger partial charge on any atom is 0.418 e. The second-order valence-corrected chi connectivity index (χ2v) is 14.3. The first kappa shape index (κ1) is 39.3. The van der Waals surface area contributed by atoms with Crippen LogP contribution in [0.5, 0.6) is 0 Å². The van der Waals surface area contributed by atoms with Crippen LogP contribution in [0, 0.1) is 10.8 Å². The molecule has 1 fully saturated rings. The molecule has 0 saturated carbocycles. The molecule has 254 valence electrons. The molecule has 1 heterocycles. The van der Waals surface area contributed by atoms with Crippen LogP contribution in [0.25, 0.3) is 0 Å². The highest BCUT2D eigenvalue weighted by Gasteiger charge is 2.63. The Bertz CT molecular complexity index is 1070. The fourth-order valence-corrected chi connectivity index (χ4v) is 5.23. The van der Waals surface area contributed by atoms with Gasteiger partial charge in [0, 0.05) is 20.8 Å². The van der Waals surface area contributed by atoms with E-state index >= 15 is 0 Å². The lowest BCUT2D eigenvalue weighted by Crippen LogP contribution is -2.66. The lowest BCUT2D eigenvalue weighted by Gasteiger charge is -2.47. The Labute approximate surface area is 253 Å². The lowest BCUT2D eigenvalue weighted by atomic mass is 9.92. The van der Waals surface area contributed by atoms with Crippen molar-refractivity contribution in [2.24, 2.45) is 10.8 Å². The second-order valence-electron chi connectivity index (χ2n) is 11.9. The highest BCUT2D eigenvalue weighted by molar-refractivity contribution is 7.54. The topological polar surface area (TPSA) is 176 Å². The summed E-state index contributed by atoms with van der Waals surface area (Å²) in [4.78, 5) is 60.2. The van der Waals surface area contributed by atoms with Crippen LogP contribution in [-0.2, 0) is 66.0 Å². The van der Waals surface area contributed by atoms with E-state index in [1.165, 1.54) is 41.5 Å². The van der Waals surface area contributed by atoms with Crippen LogP contribution in [0.1, 0.15) is 69.2 Å². The van der Waals surface area contributed by atoms with Crippen molar-refractivity contribution in [3.05, 3.63) is 0 Å². The highest BCUT2D eigenvalue weighted by atomic mass is 31.2. The molecule has 0 aromatic rings. The number of carbonyl (C=O) groups excluding carboxylic acids is 5. The largest absolute Gasteiger partial charge is 0.456 e. The van der Waals surface area contributed by atoms with Gasteiger partial charge >= 0.3 is 43.6 Å². The fraction of sp³-hybridized carbons (Fsp3) is 0.808. The Morgan fingerprint density at radius 1 is 0.705 bits per heavy atom. The molecular formula is C26H40F3O14P. The average Bonchev–Trinajstić information content (AvgIpc) is 2.82. The molecule has 0 aromatic heterocycles. The van der Waals surface area contributed by atoms with Crippen molar-refractivity contribution in [3.8, 4) is 0 Å². The summed E-state index contributed by atoms with van der Waals surface area (Å²) in [6, 6.07) is 0. The molecule has 1 aliphatic rings. The number of rotatable bonds is 11. The van der Waals surface area contributed by atoms with Gasteiger partial charge in [-0.2, -0.15) is 13.2 Å². The van der Waals surface area contributed by atoms with Gasteiger partial charge in [-0.15, -0.1) is 0 Å². The number of halogens is 3. The molecule has 0 amide bonds. The Kier molecular flexibility index (Phi) is 13.4. The van der Waals surface area contributed by atoms with Crippen LogP contribution in [0.2, 0.25) is 0 Å². The molecule has 1 saturated heterocycles. The monoisotopic (exact) mass is 664 g/mol. The van der Waals surface area contributed by atoms with Gasteiger partial charge in [0.2, 0.25) is 13.6 Å². The third kappa shape index (κ3) is 11.3. The van der Waals surface area contributed by atoms with Gasteiger partial charge in [0.25, 0.3) is 0 Å². The SMILES string of the molecule is CC(=O)O[C@H]1[C@H](OC(C)=O)[C@H](OC(C)=O)[C@H](C(F)(F)F)O[C@H]1[C@@H](C)P(=O)(OCOC(=O)C(C)(C)C)OCOC(=O)C(C)(C)C. The summed E-state index contributed by atoms with van der Waals surface area (Å²) in [5.41, 5.74) is -3.88. The number of hydrogen-bond donors (Lipinski definition) is 0. The van der Waals surface area contributed by atoms with Gasteiger partial charge in [-0.25, -0.2) is 0 Å². The summed E-state index contributed by atoms with van der Waals surface area (Å²) in [6.07, 6.45) is -16.8. The molecular weight excluding hydrogens is 624 g/mol. The molecule has 0 spiro atoms. The first-order valence-corrected chi connectivity index (χ1v) is 14.9. The molecule has 14 nitrogen and oxygen atoms in total. The Hall–Kier alpha value is -2.75. The van der Waals surface area contributed by atoms with Crippen molar-refractivity contribution < 1.29 is 79.2 Å². The smallest absolute Gasteiger partial charge is 0.418 e. The van der Waals surface area contributed by atoms with Crippen LogP contribution in [0.3, 0.4) is 0 Å². The summed E-state index contributed by atoms with van der Waals surface area (Å²) < 4.78 is 97.7. The minimum atomic E-state index is -5.27. The summed E-state index contributed by atoms with van der Waals surface area (Å²) >= 11 is 0. The van der Waals surface area contributed by atoms with Gasteiger partial charge in [-0.1, -0.05) is 0 Å². The standard InChI is InChI=1S/C26H40F3O14P/c1-13(44(35,38-11-36-22(33)24(5,6)7)39-12-37-23(34)25(8,9)10)17-18(40-14(2)30)19(41-15(3)31)20(42-16(4)32)21(43-17)26(27,28)29/h13,17-21H,11-12H2,1-10H3/t13-,17+,18-,19+,20+,21-/m1/s1. The Morgan fingerprint density at radius 3 is 1.41 bits per heavy atom. The predicted molar refractivity (Wildman–Crippen MR) is 141 cm³/mol. The maximum absolute atomic E-state index is 14.3. The van der Waals surface area contributed by atoms with E-state index in [4.69, 9.17) is 37.5 Å². The molecule has 0 radical (unpaired) electrons. The molecule has 6 atom stereocenters. The third-order valence-electron chi connectivity index (χ3n) is 5.85. The number of esters is 5. The molecule has 0 bridgehead atoms. The summed E-state index contributed by atoms with van der Waals surface area (Å²) in [5.74, 6) is -5.05. The van der Waals surface area contributed by atoms with Gasteiger partial charge in [-0.05, 0) is 48.5 Å². The first-order chi connectivity index (χ1) is 19.8. The van der Waals surface area contributed by atoms with E-state index < -0.39 is 104 Å². The number of hydrogen-bond acceptors (Lipinski definition) is 14. The zero-order chi connectivity index (χ0) is 34.4. The predicted octanol–water partition coefficient (Wildman–Crippen LogP) is 3.82. The van der Waals surface area contributed by atoms with E-state index in [-0.39, 0.29) is 0 Å². The summed E-state index contributed by atoms with van der Waals surface area (Å²) in [7, 11) is -4.85. The van der Waals surface area contributed by atoms with Crippen molar-refractivity contribution in [1.29, 1.82) is 0 Å². The average molecular weight is 665 g/mol. The second kappa shape index (κ2) is 15.0. The lowest BCUT2D eigenvalue weighted by molar-refractivity contribution is -0.315. The van der Waals surface area contributed by atoms with E-state index in [1.807, 2.05) is 0 Å². The van der Waals surface area contributed by atoms with Crippen molar-refractivity contribution in [2.45, 2.75) is 112 Å².